The van der Waals surface area contributed by atoms with Crippen LogP contribution in [0.1, 0.15) is 40.2 Å². The molecular weight excluding hydrogens is 214 g/mol. The van der Waals surface area contributed by atoms with Gasteiger partial charge in [0.05, 0.1) is 6.10 Å². The van der Waals surface area contributed by atoms with E-state index in [1.165, 1.54) is 5.56 Å². The van der Waals surface area contributed by atoms with Crippen molar-refractivity contribution in [2.24, 2.45) is 0 Å². The first-order chi connectivity index (χ1) is 7.79. The normalized spacial score (nSPS) is 11.4. The molecule has 1 amide bonds. The largest absolute Gasteiger partial charge is 0.447 e. The summed E-state index contributed by atoms with van der Waals surface area (Å²) in [6, 6.07) is 7.82. The highest BCUT2D eigenvalue weighted by Crippen LogP contribution is 2.23. The van der Waals surface area contributed by atoms with Crippen LogP contribution in [0.25, 0.3) is 0 Å². The summed E-state index contributed by atoms with van der Waals surface area (Å²) in [5, 5.41) is 2.69. The van der Waals surface area contributed by atoms with Gasteiger partial charge in [-0.15, -0.1) is 0 Å². The van der Waals surface area contributed by atoms with Gasteiger partial charge in [-0.25, -0.2) is 4.79 Å². The summed E-state index contributed by atoms with van der Waals surface area (Å²) in [6.45, 7) is 10.1. The van der Waals surface area contributed by atoms with E-state index in [1.54, 1.807) is 0 Å². The van der Waals surface area contributed by atoms with Crippen LogP contribution in [-0.2, 0) is 10.2 Å². The van der Waals surface area contributed by atoms with Gasteiger partial charge in [-0.2, -0.15) is 0 Å². The zero-order chi connectivity index (χ0) is 13.1. The fraction of sp³-hybridized carbons (Fsp3) is 0.500. The third kappa shape index (κ3) is 4.47. The molecule has 1 aromatic carbocycles. The molecule has 0 radical (unpaired) electrons. The topological polar surface area (TPSA) is 38.3 Å². The summed E-state index contributed by atoms with van der Waals surface area (Å²) in [7, 11) is 0. The second-order valence-electron chi connectivity index (χ2n) is 5.41. The maximum absolute atomic E-state index is 11.4. The van der Waals surface area contributed by atoms with E-state index in [2.05, 4.69) is 26.1 Å². The number of carbonyl (C=O) groups excluding carboxylic acids is 1. The van der Waals surface area contributed by atoms with Crippen LogP contribution >= 0.6 is 0 Å². The van der Waals surface area contributed by atoms with Crippen LogP contribution < -0.4 is 5.32 Å². The minimum Gasteiger partial charge on any atom is -0.447 e. The van der Waals surface area contributed by atoms with Gasteiger partial charge >= 0.3 is 6.09 Å². The van der Waals surface area contributed by atoms with Gasteiger partial charge in [-0.3, -0.25) is 5.32 Å². The molecule has 0 aromatic heterocycles. The third-order valence-electron chi connectivity index (χ3n) is 2.34. The van der Waals surface area contributed by atoms with Gasteiger partial charge in [0.25, 0.3) is 0 Å². The molecule has 94 valence electrons. The molecule has 0 aliphatic heterocycles. The second kappa shape index (κ2) is 5.21. The zero-order valence-electron chi connectivity index (χ0n) is 11.2. The standard InChI is InChI=1S/C14H21NO2/c1-10(2)17-13(16)15-12-8-6-11(7-9-12)14(3,4)5/h6-10H,1-5H3,(H,15,16). The molecule has 1 aromatic rings. The molecule has 0 aliphatic carbocycles. The van der Waals surface area contributed by atoms with Crippen LogP contribution in [0.5, 0.6) is 0 Å². The monoisotopic (exact) mass is 235 g/mol. The Balaban J connectivity index is 2.66. The van der Waals surface area contributed by atoms with Crippen LogP contribution in [0.3, 0.4) is 0 Å². The number of hydrogen-bond donors (Lipinski definition) is 1. The molecule has 0 heterocycles. The number of anilines is 1. The number of nitrogens with one attached hydrogen (secondary N) is 1. The minimum absolute atomic E-state index is 0.108. The summed E-state index contributed by atoms with van der Waals surface area (Å²) < 4.78 is 5.00. The number of benzene rings is 1. The van der Waals surface area contributed by atoms with Crippen molar-refractivity contribution in [2.75, 3.05) is 5.32 Å². The van der Waals surface area contributed by atoms with Gasteiger partial charge in [0, 0.05) is 5.69 Å². The Bertz CT molecular complexity index is 374. The van der Waals surface area contributed by atoms with Gasteiger partial charge in [0.2, 0.25) is 0 Å². The third-order valence-corrected chi connectivity index (χ3v) is 2.34. The average molecular weight is 235 g/mol. The minimum atomic E-state index is -0.413. The van der Waals surface area contributed by atoms with Crippen molar-refractivity contribution in [3.05, 3.63) is 29.8 Å². The lowest BCUT2D eigenvalue weighted by atomic mass is 9.87. The number of ether oxygens (including phenoxy) is 1. The molecule has 0 saturated heterocycles. The van der Waals surface area contributed by atoms with Crippen LogP contribution in [0.4, 0.5) is 10.5 Å². The quantitative estimate of drug-likeness (QED) is 0.843. The van der Waals surface area contributed by atoms with Gasteiger partial charge in [0.1, 0.15) is 0 Å². The summed E-state index contributed by atoms with van der Waals surface area (Å²) >= 11 is 0. The smallest absolute Gasteiger partial charge is 0.411 e. The predicted molar refractivity (Wildman–Crippen MR) is 70.4 cm³/mol. The maximum atomic E-state index is 11.4. The van der Waals surface area contributed by atoms with Crippen LogP contribution in [0, 0.1) is 0 Å². The SMILES string of the molecule is CC(C)OC(=O)Nc1ccc(C(C)(C)C)cc1. The van der Waals surface area contributed by atoms with Crippen molar-refractivity contribution in [3.63, 3.8) is 0 Å². The lowest BCUT2D eigenvalue weighted by Gasteiger charge is -2.19. The molecule has 3 nitrogen and oxygen atoms in total. The summed E-state index contributed by atoms with van der Waals surface area (Å²) in [5.41, 5.74) is 2.11. The summed E-state index contributed by atoms with van der Waals surface area (Å²) in [6.07, 6.45) is -0.521. The van der Waals surface area contributed by atoms with Gasteiger partial charge in [-0.1, -0.05) is 32.9 Å². The molecule has 3 heteroatoms. The van der Waals surface area contributed by atoms with Crippen molar-refractivity contribution in [1.29, 1.82) is 0 Å². The molecule has 0 unspecified atom stereocenters. The molecule has 1 N–H and O–H groups in total. The van der Waals surface area contributed by atoms with E-state index in [9.17, 15) is 4.79 Å². The van der Waals surface area contributed by atoms with E-state index in [0.29, 0.717) is 0 Å². The van der Waals surface area contributed by atoms with Crippen LogP contribution in [0.2, 0.25) is 0 Å². The molecule has 0 spiro atoms. The first-order valence-electron chi connectivity index (χ1n) is 5.87. The second-order valence-corrected chi connectivity index (χ2v) is 5.41. The first kappa shape index (κ1) is 13.6. The van der Waals surface area contributed by atoms with Gasteiger partial charge in [-0.05, 0) is 37.0 Å². The highest BCUT2D eigenvalue weighted by atomic mass is 16.6. The van der Waals surface area contributed by atoms with Crippen molar-refractivity contribution in [1.82, 2.24) is 0 Å². The molecule has 0 aliphatic rings. The van der Waals surface area contributed by atoms with E-state index in [0.717, 1.165) is 5.69 Å². The summed E-state index contributed by atoms with van der Waals surface area (Å²) in [4.78, 5) is 11.4. The molecule has 1 rings (SSSR count). The lowest BCUT2D eigenvalue weighted by Crippen LogP contribution is -2.18. The van der Waals surface area contributed by atoms with Crippen LogP contribution in [0.15, 0.2) is 24.3 Å². The highest BCUT2D eigenvalue weighted by Gasteiger charge is 2.13. The fourth-order valence-corrected chi connectivity index (χ4v) is 1.41. The highest BCUT2D eigenvalue weighted by molar-refractivity contribution is 5.84. The summed E-state index contributed by atoms with van der Waals surface area (Å²) in [5.74, 6) is 0. The number of hydrogen-bond acceptors (Lipinski definition) is 2. The van der Waals surface area contributed by atoms with Crippen molar-refractivity contribution in [2.45, 2.75) is 46.1 Å². The van der Waals surface area contributed by atoms with E-state index in [1.807, 2.05) is 38.1 Å². The molecule has 0 bridgehead atoms. The van der Waals surface area contributed by atoms with E-state index < -0.39 is 6.09 Å². The Morgan fingerprint density at radius 3 is 2.12 bits per heavy atom. The zero-order valence-corrected chi connectivity index (χ0v) is 11.2. The molecule has 17 heavy (non-hydrogen) atoms. The Labute approximate surface area is 103 Å². The first-order valence-corrected chi connectivity index (χ1v) is 5.87. The van der Waals surface area contributed by atoms with Gasteiger partial charge < -0.3 is 4.74 Å². The van der Waals surface area contributed by atoms with Crippen LogP contribution in [-0.4, -0.2) is 12.2 Å². The molecule has 0 fully saturated rings. The van der Waals surface area contributed by atoms with Gasteiger partial charge in [0.15, 0.2) is 0 Å². The van der Waals surface area contributed by atoms with E-state index in [4.69, 9.17) is 4.74 Å². The Hall–Kier alpha value is -1.51. The van der Waals surface area contributed by atoms with E-state index >= 15 is 0 Å². The Morgan fingerprint density at radius 2 is 1.71 bits per heavy atom. The molecule has 0 atom stereocenters. The van der Waals surface area contributed by atoms with Crippen molar-refractivity contribution >= 4 is 11.8 Å². The van der Waals surface area contributed by atoms with Crippen molar-refractivity contribution in [3.8, 4) is 0 Å². The molecular formula is C14H21NO2. The average Bonchev–Trinajstić information content (AvgIpc) is 2.15. The number of rotatable bonds is 2. The van der Waals surface area contributed by atoms with E-state index in [-0.39, 0.29) is 11.5 Å². The fourth-order valence-electron chi connectivity index (χ4n) is 1.41. The predicted octanol–water partition coefficient (Wildman–Crippen LogP) is 3.94. The molecule has 0 saturated carbocycles. The number of carbonyl (C=O) groups is 1. The lowest BCUT2D eigenvalue weighted by molar-refractivity contribution is 0.130. The Morgan fingerprint density at radius 1 is 1.18 bits per heavy atom. The maximum Gasteiger partial charge on any atom is 0.411 e. The van der Waals surface area contributed by atoms with Crippen molar-refractivity contribution < 1.29 is 9.53 Å². The Kier molecular flexibility index (Phi) is 4.16. The number of amides is 1.